The lowest BCUT2D eigenvalue weighted by atomic mass is 10.3. The molecule has 7 nitrogen and oxygen atoms in total. The number of hydrogen-bond donors (Lipinski definition) is 1. The van der Waals surface area contributed by atoms with Crippen molar-refractivity contribution in [3.8, 4) is 17.3 Å². The van der Waals surface area contributed by atoms with E-state index in [9.17, 15) is 4.79 Å². The van der Waals surface area contributed by atoms with E-state index in [1.165, 1.54) is 6.08 Å². The van der Waals surface area contributed by atoms with E-state index in [1.807, 2.05) is 24.4 Å². The van der Waals surface area contributed by atoms with Crippen molar-refractivity contribution in [1.82, 2.24) is 20.4 Å². The van der Waals surface area contributed by atoms with Gasteiger partial charge < -0.3 is 14.6 Å². The van der Waals surface area contributed by atoms with E-state index in [0.29, 0.717) is 29.8 Å². The molecule has 0 bridgehead atoms. The third-order valence-electron chi connectivity index (χ3n) is 3.11. The lowest BCUT2D eigenvalue weighted by Crippen LogP contribution is -2.20. The van der Waals surface area contributed by atoms with Crippen LogP contribution in [-0.4, -0.2) is 27.6 Å². The smallest absolute Gasteiger partial charge is 0.246 e. The van der Waals surface area contributed by atoms with Crippen molar-refractivity contribution in [3.05, 3.63) is 52.7 Å². The van der Waals surface area contributed by atoms with E-state index in [-0.39, 0.29) is 12.5 Å². The zero-order valence-corrected chi connectivity index (χ0v) is 14.3. The average Bonchev–Trinajstić information content (AvgIpc) is 3.31. The molecule has 1 N–H and O–H groups in total. The fourth-order valence-electron chi connectivity index (χ4n) is 1.96. The molecule has 0 aliphatic rings. The normalized spacial score (nSPS) is 10.9. The second kappa shape index (κ2) is 8.20. The van der Waals surface area contributed by atoms with E-state index in [0.717, 1.165) is 4.88 Å². The fourth-order valence-corrected chi connectivity index (χ4v) is 2.57. The van der Waals surface area contributed by atoms with E-state index in [2.05, 4.69) is 20.4 Å². The number of rotatable bonds is 7. The number of pyridine rings is 1. The Morgan fingerprint density at radius 1 is 1.40 bits per heavy atom. The molecule has 0 unspecified atom stereocenters. The molecule has 0 saturated carbocycles. The molecule has 0 aliphatic heterocycles. The largest absolute Gasteiger partial charge is 0.478 e. The summed E-state index contributed by atoms with van der Waals surface area (Å²) in [5, 5.41) is 8.54. The molecule has 0 aromatic carbocycles. The van der Waals surface area contributed by atoms with Crippen LogP contribution in [0.15, 0.2) is 46.4 Å². The summed E-state index contributed by atoms with van der Waals surface area (Å²) in [6.45, 7) is 2.61. The van der Waals surface area contributed by atoms with Gasteiger partial charge in [-0.25, -0.2) is 4.98 Å². The number of nitrogens with zero attached hydrogens (tertiary/aromatic N) is 3. The van der Waals surface area contributed by atoms with Crippen molar-refractivity contribution < 1.29 is 14.1 Å². The molecular formula is C17H16N4O3S. The molecule has 0 aliphatic carbocycles. The molecule has 0 spiro atoms. The predicted molar refractivity (Wildman–Crippen MR) is 93.9 cm³/mol. The van der Waals surface area contributed by atoms with Crippen LogP contribution < -0.4 is 10.1 Å². The molecule has 0 saturated heterocycles. The Hall–Kier alpha value is -3.00. The van der Waals surface area contributed by atoms with Crippen LogP contribution in [0.1, 0.15) is 17.7 Å². The van der Waals surface area contributed by atoms with E-state index < -0.39 is 0 Å². The zero-order chi connectivity index (χ0) is 17.5. The lowest BCUT2D eigenvalue weighted by molar-refractivity contribution is -0.116. The maximum atomic E-state index is 11.8. The Kier molecular flexibility index (Phi) is 5.53. The van der Waals surface area contributed by atoms with Crippen LogP contribution in [0.2, 0.25) is 0 Å². The highest BCUT2D eigenvalue weighted by Gasteiger charge is 2.10. The summed E-state index contributed by atoms with van der Waals surface area (Å²) in [6.07, 6.45) is 4.84. The molecule has 128 valence electrons. The maximum Gasteiger partial charge on any atom is 0.246 e. The molecule has 8 heteroatoms. The number of ether oxygens (including phenoxy) is 1. The first-order valence-electron chi connectivity index (χ1n) is 7.66. The van der Waals surface area contributed by atoms with E-state index in [1.54, 1.807) is 35.7 Å². The van der Waals surface area contributed by atoms with Crippen molar-refractivity contribution in [2.45, 2.75) is 13.5 Å². The monoisotopic (exact) mass is 356 g/mol. The molecule has 3 heterocycles. The van der Waals surface area contributed by atoms with Gasteiger partial charge in [0.25, 0.3) is 0 Å². The Bertz CT molecular complexity index is 841. The summed E-state index contributed by atoms with van der Waals surface area (Å²) >= 11 is 1.56. The van der Waals surface area contributed by atoms with Crippen LogP contribution in [0.4, 0.5) is 0 Å². The summed E-state index contributed by atoms with van der Waals surface area (Å²) in [5.41, 5.74) is 0.711. The maximum absolute atomic E-state index is 11.8. The second-order valence-corrected chi connectivity index (χ2v) is 5.88. The Morgan fingerprint density at radius 3 is 3.04 bits per heavy atom. The molecule has 0 atom stereocenters. The quantitative estimate of drug-likeness (QED) is 0.655. The fraction of sp³-hybridized carbons (Fsp3) is 0.176. The lowest BCUT2D eigenvalue weighted by Gasteiger charge is -2.00. The number of thiophene rings is 1. The van der Waals surface area contributed by atoms with Gasteiger partial charge in [0.05, 0.1) is 13.2 Å². The highest BCUT2D eigenvalue weighted by atomic mass is 32.1. The van der Waals surface area contributed by atoms with Crippen LogP contribution in [-0.2, 0) is 11.3 Å². The van der Waals surface area contributed by atoms with Gasteiger partial charge in [0, 0.05) is 28.8 Å². The van der Waals surface area contributed by atoms with Crippen LogP contribution in [0.25, 0.3) is 17.5 Å². The number of amides is 1. The second-order valence-electron chi connectivity index (χ2n) is 4.90. The van der Waals surface area contributed by atoms with Crippen molar-refractivity contribution in [1.29, 1.82) is 0 Å². The van der Waals surface area contributed by atoms with Crippen molar-refractivity contribution in [3.63, 3.8) is 0 Å². The summed E-state index contributed by atoms with van der Waals surface area (Å²) in [5.74, 6) is 1.05. The number of nitrogens with one attached hydrogen (secondary N) is 1. The first-order valence-corrected chi connectivity index (χ1v) is 8.54. The highest BCUT2D eigenvalue weighted by Crippen LogP contribution is 2.17. The topological polar surface area (TPSA) is 90.1 Å². The Labute approximate surface area is 148 Å². The van der Waals surface area contributed by atoms with Gasteiger partial charge in [0.15, 0.2) is 0 Å². The first-order chi connectivity index (χ1) is 12.2. The Balaban J connectivity index is 1.55. The molecule has 3 rings (SSSR count). The van der Waals surface area contributed by atoms with Gasteiger partial charge in [-0.15, -0.1) is 11.3 Å². The molecule has 3 aromatic heterocycles. The van der Waals surface area contributed by atoms with Gasteiger partial charge in [0.2, 0.25) is 23.5 Å². The number of hydrogen-bond acceptors (Lipinski definition) is 7. The number of aromatic nitrogens is 3. The standard InChI is InChI=1S/C17H16N4O3S/c1-2-23-15-8-5-12(10-19-15)17-20-16(24-21-17)11-18-14(22)7-6-13-4-3-9-25-13/h3-10H,2,11H2,1H3,(H,18,22). The number of carbonyl (C=O) groups excluding carboxylic acids is 1. The molecule has 3 aromatic rings. The minimum absolute atomic E-state index is 0.158. The third kappa shape index (κ3) is 4.74. The van der Waals surface area contributed by atoms with Crippen LogP contribution in [0, 0.1) is 0 Å². The first kappa shape index (κ1) is 16.8. The SMILES string of the molecule is CCOc1ccc(-c2noc(CNC(=O)C=Cc3cccs3)n2)cn1. The zero-order valence-electron chi connectivity index (χ0n) is 13.5. The van der Waals surface area contributed by atoms with E-state index in [4.69, 9.17) is 9.26 Å². The summed E-state index contributed by atoms with van der Waals surface area (Å²) in [7, 11) is 0. The van der Waals surface area contributed by atoms with Crippen molar-refractivity contribution in [2.75, 3.05) is 6.61 Å². The van der Waals surface area contributed by atoms with Crippen LogP contribution in [0.3, 0.4) is 0 Å². The van der Waals surface area contributed by atoms with Gasteiger partial charge in [-0.2, -0.15) is 4.98 Å². The molecule has 0 fully saturated rings. The van der Waals surface area contributed by atoms with Crippen molar-refractivity contribution >= 4 is 23.3 Å². The minimum Gasteiger partial charge on any atom is -0.478 e. The van der Waals surface area contributed by atoms with Gasteiger partial charge in [0.1, 0.15) is 0 Å². The highest BCUT2D eigenvalue weighted by molar-refractivity contribution is 7.10. The molecule has 1 amide bonds. The summed E-state index contributed by atoms with van der Waals surface area (Å²) in [6, 6.07) is 7.41. The van der Waals surface area contributed by atoms with Gasteiger partial charge in [-0.3, -0.25) is 4.79 Å². The molecule has 25 heavy (non-hydrogen) atoms. The summed E-state index contributed by atoms with van der Waals surface area (Å²) in [4.78, 5) is 21.2. The van der Waals surface area contributed by atoms with Crippen LogP contribution >= 0.6 is 11.3 Å². The van der Waals surface area contributed by atoms with Gasteiger partial charge in [-0.05, 0) is 30.5 Å². The van der Waals surface area contributed by atoms with Crippen LogP contribution in [0.5, 0.6) is 5.88 Å². The predicted octanol–water partition coefficient (Wildman–Crippen LogP) is 2.92. The number of carbonyl (C=O) groups is 1. The third-order valence-corrected chi connectivity index (χ3v) is 3.95. The Morgan fingerprint density at radius 2 is 2.32 bits per heavy atom. The van der Waals surface area contributed by atoms with Gasteiger partial charge >= 0.3 is 0 Å². The van der Waals surface area contributed by atoms with E-state index >= 15 is 0 Å². The average molecular weight is 356 g/mol. The minimum atomic E-state index is -0.226. The molecular weight excluding hydrogens is 340 g/mol. The molecule has 0 radical (unpaired) electrons. The van der Waals surface area contributed by atoms with Crippen molar-refractivity contribution in [2.24, 2.45) is 0 Å². The van der Waals surface area contributed by atoms with Gasteiger partial charge in [-0.1, -0.05) is 11.2 Å². The summed E-state index contributed by atoms with van der Waals surface area (Å²) < 4.78 is 10.4.